The van der Waals surface area contributed by atoms with Gasteiger partial charge in [0, 0.05) is 0 Å². The van der Waals surface area contributed by atoms with E-state index < -0.39 is 5.91 Å². The van der Waals surface area contributed by atoms with E-state index in [-0.39, 0.29) is 0 Å². The fourth-order valence-electron chi connectivity index (χ4n) is 0.658. The van der Waals surface area contributed by atoms with Gasteiger partial charge in [0.2, 0.25) is 0 Å². The summed E-state index contributed by atoms with van der Waals surface area (Å²) in [4.78, 5) is 14.5. The van der Waals surface area contributed by atoms with Crippen LogP contribution in [0.4, 0.5) is 0 Å². The molecule has 0 saturated carbocycles. The van der Waals surface area contributed by atoms with Crippen molar-refractivity contribution in [3.63, 3.8) is 0 Å². The number of pyridine rings is 1. The predicted molar refractivity (Wildman–Crippen MR) is 42.9 cm³/mol. The Kier molecular flexibility index (Phi) is 2.59. The molecule has 2 N–H and O–H groups in total. The van der Waals surface area contributed by atoms with E-state index in [4.69, 9.17) is 5.73 Å². The SMILES string of the molecule is Cc1cnc(C(N)=O)c[c]1[Pb]. The Morgan fingerprint density at radius 1 is 1.73 bits per heavy atom. The van der Waals surface area contributed by atoms with Crippen molar-refractivity contribution in [2.24, 2.45) is 5.73 Å². The van der Waals surface area contributed by atoms with Gasteiger partial charge >= 0.3 is 80.8 Å². The van der Waals surface area contributed by atoms with Crippen LogP contribution in [0, 0.1) is 6.92 Å². The van der Waals surface area contributed by atoms with Crippen molar-refractivity contribution in [1.82, 2.24) is 4.98 Å². The first-order valence-corrected chi connectivity index (χ1v) is 5.03. The van der Waals surface area contributed by atoms with Crippen LogP contribution in [-0.2, 0) is 0 Å². The molecule has 3 radical (unpaired) electrons. The van der Waals surface area contributed by atoms with E-state index in [1.165, 1.54) is 3.12 Å². The van der Waals surface area contributed by atoms with Gasteiger partial charge in [-0.05, 0) is 0 Å². The molecule has 0 aromatic carbocycles. The number of rotatable bonds is 1. The Hall–Kier alpha value is -0.458. The van der Waals surface area contributed by atoms with Crippen molar-refractivity contribution in [3.05, 3.63) is 23.5 Å². The maximum atomic E-state index is 10.6. The van der Waals surface area contributed by atoms with Crippen LogP contribution in [0.15, 0.2) is 12.3 Å². The van der Waals surface area contributed by atoms with Gasteiger partial charge in [0.05, 0.1) is 0 Å². The molecule has 1 heterocycles. The number of hydrogen-bond acceptors (Lipinski definition) is 2. The molecule has 0 saturated heterocycles. The summed E-state index contributed by atoms with van der Waals surface area (Å²) in [7, 11) is 0. The number of aromatic nitrogens is 1. The molecule has 0 aliphatic heterocycles. The van der Waals surface area contributed by atoms with Crippen LogP contribution in [-0.4, -0.2) is 36.7 Å². The van der Waals surface area contributed by atoms with Gasteiger partial charge in [-0.3, -0.25) is 0 Å². The summed E-state index contributed by atoms with van der Waals surface area (Å²) in [6.45, 7) is 1.97. The summed E-state index contributed by atoms with van der Waals surface area (Å²) in [5, 5.41) is 0. The molecule has 4 heteroatoms. The molecule has 0 unspecified atom stereocenters. The molecule has 1 amide bonds. The normalized spacial score (nSPS) is 9.64. The number of carbonyl (C=O) groups is 1. The Morgan fingerprint density at radius 3 is 2.82 bits per heavy atom. The van der Waals surface area contributed by atoms with E-state index in [1.807, 2.05) is 6.92 Å². The average molecular weight is 342 g/mol. The number of carbonyl (C=O) groups excluding carboxylic acids is 1. The minimum absolute atomic E-state index is 0.362. The summed E-state index contributed by atoms with van der Waals surface area (Å²) in [5.41, 5.74) is 6.53. The molecule has 0 fully saturated rings. The van der Waals surface area contributed by atoms with Crippen LogP contribution >= 0.6 is 0 Å². The van der Waals surface area contributed by atoms with Crippen molar-refractivity contribution >= 4 is 34.8 Å². The van der Waals surface area contributed by atoms with Crippen LogP contribution in [0.2, 0.25) is 0 Å². The fraction of sp³-hybridized carbons (Fsp3) is 0.143. The Balaban J connectivity index is 3.15. The van der Waals surface area contributed by atoms with Crippen LogP contribution in [0.1, 0.15) is 16.1 Å². The van der Waals surface area contributed by atoms with Crippen LogP contribution in [0.25, 0.3) is 0 Å². The maximum absolute atomic E-state index is 10.6. The van der Waals surface area contributed by atoms with Gasteiger partial charge in [-0.2, -0.15) is 0 Å². The van der Waals surface area contributed by atoms with Gasteiger partial charge in [-0.25, -0.2) is 0 Å². The van der Waals surface area contributed by atoms with Crippen LogP contribution in [0.5, 0.6) is 0 Å². The second kappa shape index (κ2) is 3.29. The van der Waals surface area contributed by atoms with Gasteiger partial charge in [0.25, 0.3) is 0 Å². The molecule has 3 nitrogen and oxygen atoms in total. The molecule has 1 aromatic heterocycles. The molecule has 1 rings (SSSR count). The molecule has 0 aliphatic rings. The van der Waals surface area contributed by atoms with Crippen molar-refractivity contribution in [2.45, 2.75) is 6.92 Å². The molecular formula is C7H7N2OPb. The fourth-order valence-corrected chi connectivity index (χ4v) is 1.44. The molecule has 11 heavy (non-hydrogen) atoms. The second-order valence-electron chi connectivity index (χ2n) is 2.25. The van der Waals surface area contributed by atoms with Gasteiger partial charge in [-0.1, -0.05) is 0 Å². The molecule has 0 atom stereocenters. The molecule has 0 spiro atoms. The number of nitrogens with zero attached hydrogens (tertiary/aromatic N) is 1. The predicted octanol–water partition coefficient (Wildman–Crippen LogP) is -0.717. The standard InChI is InChI=1S/C7H7N2O.Pb/c1-5-2-3-6(7(8)10)9-4-5;/h3-4H,1H3,(H2,8,10);. The topological polar surface area (TPSA) is 56.0 Å². The summed E-state index contributed by atoms with van der Waals surface area (Å²) in [6.07, 6.45) is 1.68. The van der Waals surface area contributed by atoms with Gasteiger partial charge in [0.15, 0.2) is 0 Å². The van der Waals surface area contributed by atoms with Crippen molar-refractivity contribution in [2.75, 3.05) is 0 Å². The number of nitrogens with two attached hydrogens (primary N) is 1. The Morgan fingerprint density at radius 2 is 2.36 bits per heavy atom. The number of hydrogen-bond donors (Lipinski definition) is 1. The summed E-state index contributed by atoms with van der Waals surface area (Å²) >= 11 is 0.923. The number of primary amides is 1. The zero-order chi connectivity index (χ0) is 8.43. The molecule has 55 valence electrons. The van der Waals surface area contributed by atoms with Gasteiger partial charge in [-0.15, -0.1) is 0 Å². The molecule has 0 aliphatic carbocycles. The van der Waals surface area contributed by atoms with Crippen molar-refractivity contribution < 1.29 is 4.79 Å². The van der Waals surface area contributed by atoms with E-state index in [1.54, 1.807) is 12.3 Å². The zero-order valence-corrected chi connectivity index (χ0v) is 9.97. The summed E-state index contributed by atoms with van der Waals surface area (Å²) in [6, 6.07) is 1.75. The minimum atomic E-state index is -0.456. The number of aryl methyl sites for hydroxylation is 1. The van der Waals surface area contributed by atoms with Crippen LogP contribution < -0.4 is 8.86 Å². The van der Waals surface area contributed by atoms with E-state index in [0.29, 0.717) is 5.69 Å². The monoisotopic (exact) mass is 343 g/mol. The van der Waals surface area contributed by atoms with Crippen molar-refractivity contribution in [1.29, 1.82) is 0 Å². The first kappa shape index (κ1) is 8.64. The van der Waals surface area contributed by atoms with E-state index in [9.17, 15) is 4.79 Å². The Bertz CT molecular complexity index is 298. The third-order valence-corrected chi connectivity index (χ3v) is 3.45. The third-order valence-electron chi connectivity index (χ3n) is 1.36. The van der Waals surface area contributed by atoms with E-state index in [2.05, 4.69) is 4.98 Å². The summed E-state index contributed by atoms with van der Waals surface area (Å²) in [5.74, 6) is -0.456. The first-order chi connectivity index (χ1) is 5.11. The van der Waals surface area contributed by atoms with Gasteiger partial charge < -0.3 is 0 Å². The average Bonchev–Trinajstić information content (AvgIpc) is 1.94. The first-order valence-electron chi connectivity index (χ1n) is 3.09. The molecular weight excluding hydrogens is 335 g/mol. The van der Waals surface area contributed by atoms with E-state index in [0.717, 1.165) is 31.3 Å². The zero-order valence-electron chi connectivity index (χ0n) is 6.09. The molecule has 1 aromatic rings. The third kappa shape index (κ3) is 1.98. The van der Waals surface area contributed by atoms with Gasteiger partial charge in [0.1, 0.15) is 0 Å². The van der Waals surface area contributed by atoms with Crippen molar-refractivity contribution in [3.8, 4) is 0 Å². The summed E-state index contributed by atoms with van der Waals surface area (Å²) < 4.78 is 1.17. The van der Waals surface area contributed by atoms with E-state index >= 15 is 0 Å². The second-order valence-corrected chi connectivity index (χ2v) is 4.34. The Labute approximate surface area is 80.7 Å². The quantitative estimate of drug-likeness (QED) is 0.685. The number of amides is 1. The van der Waals surface area contributed by atoms with Crippen LogP contribution in [0.3, 0.4) is 0 Å². The molecule has 0 bridgehead atoms.